The van der Waals surface area contributed by atoms with E-state index in [1.807, 2.05) is 45.0 Å². The molecule has 1 aliphatic heterocycles. The number of carbonyl (C=O) groups is 1. The van der Waals surface area contributed by atoms with E-state index >= 15 is 0 Å². The lowest BCUT2D eigenvalue weighted by molar-refractivity contribution is 0.0106. The van der Waals surface area contributed by atoms with E-state index in [-0.39, 0.29) is 12.1 Å². The Morgan fingerprint density at radius 2 is 1.78 bits per heavy atom. The van der Waals surface area contributed by atoms with E-state index < -0.39 is 5.60 Å². The van der Waals surface area contributed by atoms with Crippen LogP contribution in [0.4, 0.5) is 4.79 Å². The predicted octanol–water partition coefficient (Wildman–Crippen LogP) is 2.89. The molecule has 2 rings (SSSR count). The van der Waals surface area contributed by atoms with Gasteiger partial charge in [0.05, 0.1) is 0 Å². The second kappa shape index (κ2) is 7.51. The summed E-state index contributed by atoms with van der Waals surface area (Å²) in [4.78, 5) is 16.2. The Hall–Kier alpha value is -1.30. The second-order valence-electron chi connectivity index (χ2n) is 6.81. The first-order chi connectivity index (χ1) is 10.8. The third-order valence-corrected chi connectivity index (χ3v) is 4.14. The zero-order valence-corrected chi connectivity index (χ0v) is 14.8. The molecule has 23 heavy (non-hydrogen) atoms. The van der Waals surface area contributed by atoms with Crippen LogP contribution in [0.15, 0.2) is 24.3 Å². The highest BCUT2D eigenvalue weighted by molar-refractivity contribution is 6.30. The van der Waals surface area contributed by atoms with Crippen LogP contribution < -0.4 is 5.73 Å². The summed E-state index contributed by atoms with van der Waals surface area (Å²) >= 11 is 5.95. The number of benzene rings is 1. The molecule has 0 radical (unpaired) electrons. The maximum Gasteiger partial charge on any atom is 0.410 e. The minimum absolute atomic E-state index is 0.146. The Bertz CT molecular complexity index is 520. The molecule has 1 atom stereocenters. The molecule has 1 saturated heterocycles. The smallest absolute Gasteiger partial charge is 0.410 e. The zero-order chi connectivity index (χ0) is 17.0. The van der Waals surface area contributed by atoms with Crippen LogP contribution in [0.3, 0.4) is 0 Å². The molecule has 128 valence electrons. The van der Waals surface area contributed by atoms with Crippen LogP contribution >= 0.6 is 11.6 Å². The molecule has 1 amide bonds. The fraction of sp³-hybridized carbons (Fsp3) is 0.588. The van der Waals surface area contributed by atoms with E-state index in [9.17, 15) is 4.79 Å². The van der Waals surface area contributed by atoms with Gasteiger partial charge in [-0.15, -0.1) is 0 Å². The van der Waals surface area contributed by atoms with Gasteiger partial charge in [-0.1, -0.05) is 23.7 Å². The van der Waals surface area contributed by atoms with Crippen LogP contribution in [0.5, 0.6) is 0 Å². The van der Waals surface area contributed by atoms with Crippen LogP contribution in [-0.2, 0) is 4.74 Å². The molecular weight excluding hydrogens is 314 g/mol. The number of carbonyl (C=O) groups excluding carboxylic acids is 1. The lowest BCUT2D eigenvalue weighted by Crippen LogP contribution is -2.51. The molecule has 1 fully saturated rings. The molecule has 0 aliphatic carbocycles. The fourth-order valence-corrected chi connectivity index (χ4v) is 2.85. The van der Waals surface area contributed by atoms with Crippen molar-refractivity contribution in [2.75, 3.05) is 32.7 Å². The molecule has 2 N–H and O–H groups in total. The number of piperazine rings is 1. The van der Waals surface area contributed by atoms with Gasteiger partial charge in [-0.25, -0.2) is 4.79 Å². The normalized spacial score (nSPS) is 17.9. The third kappa shape index (κ3) is 5.09. The Kier molecular flexibility index (Phi) is 5.89. The van der Waals surface area contributed by atoms with Gasteiger partial charge in [0.25, 0.3) is 0 Å². The Labute approximate surface area is 143 Å². The third-order valence-electron chi connectivity index (χ3n) is 3.88. The van der Waals surface area contributed by atoms with Gasteiger partial charge in [0.15, 0.2) is 0 Å². The summed E-state index contributed by atoms with van der Waals surface area (Å²) in [7, 11) is 0. The van der Waals surface area contributed by atoms with E-state index in [0.29, 0.717) is 19.6 Å². The van der Waals surface area contributed by atoms with Crippen LogP contribution in [0.25, 0.3) is 0 Å². The maximum absolute atomic E-state index is 12.1. The molecule has 0 aromatic heterocycles. The molecule has 1 aromatic rings. The number of rotatable bonds is 3. The zero-order valence-electron chi connectivity index (χ0n) is 14.1. The van der Waals surface area contributed by atoms with Crippen molar-refractivity contribution in [3.8, 4) is 0 Å². The van der Waals surface area contributed by atoms with E-state index in [1.54, 1.807) is 4.90 Å². The van der Waals surface area contributed by atoms with E-state index in [2.05, 4.69) is 4.90 Å². The molecule has 0 unspecified atom stereocenters. The van der Waals surface area contributed by atoms with E-state index in [0.717, 1.165) is 23.7 Å². The van der Waals surface area contributed by atoms with Gasteiger partial charge in [-0.3, -0.25) is 4.90 Å². The van der Waals surface area contributed by atoms with Crippen molar-refractivity contribution in [1.82, 2.24) is 9.80 Å². The highest BCUT2D eigenvalue weighted by Crippen LogP contribution is 2.23. The van der Waals surface area contributed by atoms with Crippen LogP contribution in [-0.4, -0.2) is 54.2 Å². The average molecular weight is 340 g/mol. The Balaban J connectivity index is 1.94. The Morgan fingerprint density at radius 3 is 2.26 bits per heavy atom. The molecule has 1 aromatic carbocycles. The van der Waals surface area contributed by atoms with Crippen molar-refractivity contribution in [1.29, 1.82) is 0 Å². The fourth-order valence-electron chi connectivity index (χ4n) is 2.72. The quantitative estimate of drug-likeness (QED) is 0.920. The summed E-state index contributed by atoms with van der Waals surface area (Å²) in [6.45, 7) is 9.05. The van der Waals surface area contributed by atoms with E-state index in [4.69, 9.17) is 22.1 Å². The number of ether oxygens (including phenoxy) is 1. The standard InChI is InChI=1S/C17H26ClN3O2/c1-17(2,3)23-16(22)21-10-8-20(9-11-21)15(12-19)13-4-6-14(18)7-5-13/h4-7,15H,8-12,19H2,1-3H3/t15-/m1/s1. The minimum atomic E-state index is -0.461. The van der Waals surface area contributed by atoms with Gasteiger partial charge in [-0.2, -0.15) is 0 Å². The van der Waals surface area contributed by atoms with Gasteiger partial charge in [-0.05, 0) is 38.5 Å². The first kappa shape index (κ1) is 18.0. The summed E-state index contributed by atoms with van der Waals surface area (Å²) in [5, 5.41) is 0.722. The maximum atomic E-state index is 12.1. The highest BCUT2D eigenvalue weighted by Gasteiger charge is 2.28. The summed E-state index contributed by atoms with van der Waals surface area (Å²) in [5.74, 6) is 0. The Morgan fingerprint density at radius 1 is 1.22 bits per heavy atom. The first-order valence-electron chi connectivity index (χ1n) is 7.97. The lowest BCUT2D eigenvalue weighted by atomic mass is 10.0. The topological polar surface area (TPSA) is 58.8 Å². The molecule has 0 saturated carbocycles. The van der Waals surface area contributed by atoms with Crippen molar-refractivity contribution in [2.45, 2.75) is 32.4 Å². The summed E-state index contributed by atoms with van der Waals surface area (Å²) in [5.41, 5.74) is 6.67. The number of nitrogens with two attached hydrogens (primary N) is 1. The average Bonchev–Trinajstić information content (AvgIpc) is 2.49. The molecular formula is C17H26ClN3O2. The number of halogens is 1. The van der Waals surface area contributed by atoms with Crippen molar-refractivity contribution < 1.29 is 9.53 Å². The highest BCUT2D eigenvalue weighted by atomic mass is 35.5. The molecule has 1 aliphatic rings. The molecule has 0 bridgehead atoms. The van der Waals surface area contributed by atoms with Gasteiger partial charge in [0.2, 0.25) is 0 Å². The minimum Gasteiger partial charge on any atom is -0.444 e. The lowest BCUT2D eigenvalue weighted by Gasteiger charge is -2.39. The van der Waals surface area contributed by atoms with Crippen molar-refractivity contribution in [3.05, 3.63) is 34.9 Å². The molecule has 6 heteroatoms. The van der Waals surface area contributed by atoms with Gasteiger partial charge in [0.1, 0.15) is 5.60 Å². The first-order valence-corrected chi connectivity index (χ1v) is 8.35. The molecule has 1 heterocycles. The number of hydrogen-bond donors (Lipinski definition) is 1. The monoisotopic (exact) mass is 339 g/mol. The van der Waals surface area contributed by atoms with Crippen molar-refractivity contribution in [3.63, 3.8) is 0 Å². The predicted molar refractivity (Wildman–Crippen MR) is 92.6 cm³/mol. The van der Waals surface area contributed by atoms with Crippen molar-refractivity contribution in [2.24, 2.45) is 5.73 Å². The summed E-state index contributed by atoms with van der Waals surface area (Å²) in [6, 6.07) is 7.95. The largest absolute Gasteiger partial charge is 0.444 e. The second-order valence-corrected chi connectivity index (χ2v) is 7.24. The summed E-state index contributed by atoms with van der Waals surface area (Å²) < 4.78 is 5.43. The summed E-state index contributed by atoms with van der Waals surface area (Å²) in [6.07, 6.45) is -0.243. The number of hydrogen-bond acceptors (Lipinski definition) is 4. The van der Waals surface area contributed by atoms with Gasteiger partial charge in [0, 0.05) is 43.8 Å². The van der Waals surface area contributed by atoms with Gasteiger partial charge < -0.3 is 15.4 Å². The van der Waals surface area contributed by atoms with Crippen molar-refractivity contribution >= 4 is 17.7 Å². The van der Waals surface area contributed by atoms with Gasteiger partial charge >= 0.3 is 6.09 Å². The molecule has 0 spiro atoms. The van der Waals surface area contributed by atoms with E-state index in [1.165, 1.54) is 0 Å². The number of amides is 1. The number of nitrogens with zero attached hydrogens (tertiary/aromatic N) is 2. The van der Waals surface area contributed by atoms with Crippen LogP contribution in [0.2, 0.25) is 5.02 Å². The molecule has 5 nitrogen and oxygen atoms in total. The SMILES string of the molecule is CC(C)(C)OC(=O)N1CCN([C@H](CN)c2ccc(Cl)cc2)CC1. The van der Waals surface area contributed by atoms with Crippen LogP contribution in [0, 0.1) is 0 Å². The van der Waals surface area contributed by atoms with Crippen LogP contribution in [0.1, 0.15) is 32.4 Å².